The first-order valence-corrected chi connectivity index (χ1v) is 5.73. The lowest BCUT2D eigenvalue weighted by molar-refractivity contribution is 0.241. The van der Waals surface area contributed by atoms with Gasteiger partial charge in [-0.25, -0.2) is 0 Å². The molecular formula is C11H22N2. The molecule has 0 heterocycles. The van der Waals surface area contributed by atoms with Gasteiger partial charge >= 0.3 is 0 Å². The van der Waals surface area contributed by atoms with Gasteiger partial charge < -0.3 is 10.6 Å². The zero-order valence-electron chi connectivity index (χ0n) is 8.76. The molecule has 2 fully saturated rings. The van der Waals surface area contributed by atoms with Crippen LogP contribution in [0.1, 0.15) is 39.0 Å². The van der Waals surface area contributed by atoms with Crippen molar-refractivity contribution in [3.8, 4) is 0 Å². The average molecular weight is 182 g/mol. The van der Waals surface area contributed by atoms with E-state index in [4.69, 9.17) is 5.73 Å². The van der Waals surface area contributed by atoms with Gasteiger partial charge in [0.15, 0.2) is 0 Å². The molecule has 0 aromatic heterocycles. The van der Waals surface area contributed by atoms with Crippen LogP contribution < -0.4 is 5.73 Å². The highest BCUT2D eigenvalue weighted by molar-refractivity contribution is 5.01. The lowest BCUT2D eigenvalue weighted by atomic mass is 10.2. The molecule has 2 N–H and O–H groups in total. The molecule has 2 rings (SSSR count). The second-order valence-corrected chi connectivity index (χ2v) is 5.04. The van der Waals surface area contributed by atoms with Crippen LogP contribution in [0.2, 0.25) is 0 Å². The van der Waals surface area contributed by atoms with E-state index < -0.39 is 0 Å². The summed E-state index contributed by atoms with van der Waals surface area (Å²) in [5.74, 6) is 1.01. The van der Waals surface area contributed by atoms with Crippen LogP contribution in [-0.2, 0) is 0 Å². The molecule has 0 radical (unpaired) electrons. The predicted molar refractivity (Wildman–Crippen MR) is 55.6 cm³/mol. The minimum atomic E-state index is 0.212. The molecule has 2 aliphatic carbocycles. The van der Waals surface area contributed by atoms with Crippen molar-refractivity contribution in [2.45, 2.75) is 44.6 Å². The third kappa shape index (κ3) is 2.96. The lowest BCUT2D eigenvalue weighted by Gasteiger charge is -2.24. The first kappa shape index (κ1) is 9.47. The third-order valence-electron chi connectivity index (χ3n) is 3.18. The Labute approximate surface area is 81.5 Å². The minimum Gasteiger partial charge on any atom is -0.324 e. The fraction of sp³-hybridized carbons (Fsp3) is 1.00. The fourth-order valence-electron chi connectivity index (χ4n) is 1.98. The van der Waals surface area contributed by atoms with E-state index in [9.17, 15) is 0 Å². The minimum absolute atomic E-state index is 0.212. The molecule has 2 aliphatic rings. The zero-order valence-corrected chi connectivity index (χ0v) is 8.76. The highest BCUT2D eigenvalue weighted by Crippen LogP contribution is 2.35. The van der Waals surface area contributed by atoms with E-state index in [0.29, 0.717) is 0 Å². The summed E-state index contributed by atoms with van der Waals surface area (Å²) < 4.78 is 0. The average Bonchev–Trinajstić information content (AvgIpc) is 2.92. The van der Waals surface area contributed by atoms with Gasteiger partial charge in [-0.2, -0.15) is 0 Å². The fourth-order valence-corrected chi connectivity index (χ4v) is 1.98. The van der Waals surface area contributed by atoms with Crippen molar-refractivity contribution < 1.29 is 0 Å². The Kier molecular flexibility index (Phi) is 2.61. The van der Waals surface area contributed by atoms with E-state index in [1.54, 1.807) is 0 Å². The lowest BCUT2D eigenvalue weighted by Crippen LogP contribution is -2.40. The molecule has 2 nitrogen and oxygen atoms in total. The summed E-state index contributed by atoms with van der Waals surface area (Å²) in [5, 5.41) is 0. The molecule has 0 spiro atoms. The maximum atomic E-state index is 6.13. The Morgan fingerprint density at radius 1 is 1.38 bits per heavy atom. The molecule has 0 saturated heterocycles. The van der Waals surface area contributed by atoms with Crippen LogP contribution in [0.4, 0.5) is 0 Å². The molecule has 2 saturated carbocycles. The van der Waals surface area contributed by atoms with E-state index >= 15 is 0 Å². The largest absolute Gasteiger partial charge is 0.324 e. The van der Waals surface area contributed by atoms with E-state index in [0.717, 1.165) is 12.5 Å². The van der Waals surface area contributed by atoms with Crippen LogP contribution in [0, 0.1) is 5.92 Å². The smallest absolute Gasteiger partial charge is 0.0284 e. The molecule has 0 atom stereocenters. The molecule has 0 aromatic rings. The van der Waals surface area contributed by atoms with Crippen LogP contribution in [0.25, 0.3) is 0 Å². The molecule has 13 heavy (non-hydrogen) atoms. The second-order valence-electron chi connectivity index (χ2n) is 5.04. The van der Waals surface area contributed by atoms with Gasteiger partial charge in [-0.3, -0.25) is 0 Å². The summed E-state index contributed by atoms with van der Waals surface area (Å²) in [5.41, 5.74) is 6.34. The maximum absolute atomic E-state index is 6.13. The van der Waals surface area contributed by atoms with Gasteiger partial charge in [0.2, 0.25) is 0 Å². The SMILES string of the molecule is CCCN(CC1CC1)CC1(N)CC1. The topological polar surface area (TPSA) is 29.3 Å². The number of rotatable bonds is 6. The van der Waals surface area contributed by atoms with Crippen molar-refractivity contribution in [3.05, 3.63) is 0 Å². The monoisotopic (exact) mass is 182 g/mol. The van der Waals surface area contributed by atoms with Crippen LogP contribution in [0.15, 0.2) is 0 Å². The molecule has 2 heteroatoms. The van der Waals surface area contributed by atoms with Crippen LogP contribution >= 0.6 is 0 Å². The summed E-state index contributed by atoms with van der Waals surface area (Å²) >= 11 is 0. The molecule has 0 bridgehead atoms. The van der Waals surface area contributed by atoms with E-state index in [2.05, 4.69) is 11.8 Å². The summed E-state index contributed by atoms with van der Waals surface area (Å²) in [6.07, 6.45) is 6.67. The normalized spacial score (nSPS) is 25.2. The van der Waals surface area contributed by atoms with Crippen molar-refractivity contribution in [3.63, 3.8) is 0 Å². The standard InChI is InChI=1S/C11H22N2/c1-2-7-13(8-10-3-4-10)9-11(12)5-6-11/h10H,2-9,12H2,1H3. The highest BCUT2D eigenvalue weighted by Gasteiger charge is 2.40. The van der Waals surface area contributed by atoms with Gasteiger partial charge in [0.1, 0.15) is 0 Å². The number of nitrogens with two attached hydrogens (primary N) is 1. The van der Waals surface area contributed by atoms with Gasteiger partial charge in [-0.05, 0) is 44.6 Å². The van der Waals surface area contributed by atoms with E-state index in [1.807, 2.05) is 0 Å². The Morgan fingerprint density at radius 2 is 2.08 bits per heavy atom. The van der Waals surface area contributed by atoms with Crippen molar-refractivity contribution in [2.24, 2.45) is 11.7 Å². The Hall–Kier alpha value is -0.0800. The first-order chi connectivity index (χ1) is 6.22. The third-order valence-corrected chi connectivity index (χ3v) is 3.18. The molecule has 0 unspecified atom stereocenters. The quantitative estimate of drug-likeness (QED) is 0.676. The maximum Gasteiger partial charge on any atom is 0.0284 e. The molecule has 0 amide bonds. The summed E-state index contributed by atoms with van der Waals surface area (Å²) in [4.78, 5) is 2.59. The molecule has 76 valence electrons. The Bertz CT molecular complexity index is 171. The van der Waals surface area contributed by atoms with Gasteiger partial charge in [0.05, 0.1) is 0 Å². The van der Waals surface area contributed by atoms with E-state index in [1.165, 1.54) is 45.2 Å². The summed E-state index contributed by atoms with van der Waals surface area (Å²) in [6.45, 7) is 5.97. The van der Waals surface area contributed by atoms with Crippen molar-refractivity contribution in [1.82, 2.24) is 4.90 Å². The van der Waals surface area contributed by atoms with E-state index in [-0.39, 0.29) is 5.54 Å². The Balaban J connectivity index is 1.74. The zero-order chi connectivity index (χ0) is 9.31. The van der Waals surface area contributed by atoms with Crippen molar-refractivity contribution in [1.29, 1.82) is 0 Å². The van der Waals surface area contributed by atoms with Gasteiger partial charge in [-0.1, -0.05) is 6.92 Å². The summed E-state index contributed by atoms with van der Waals surface area (Å²) in [6, 6.07) is 0. The van der Waals surface area contributed by atoms with Crippen LogP contribution in [-0.4, -0.2) is 30.1 Å². The first-order valence-electron chi connectivity index (χ1n) is 5.73. The van der Waals surface area contributed by atoms with Crippen molar-refractivity contribution >= 4 is 0 Å². The van der Waals surface area contributed by atoms with Gasteiger partial charge in [-0.15, -0.1) is 0 Å². The van der Waals surface area contributed by atoms with Crippen LogP contribution in [0.5, 0.6) is 0 Å². The number of hydrogen-bond acceptors (Lipinski definition) is 2. The highest BCUT2D eigenvalue weighted by atomic mass is 15.2. The predicted octanol–water partition coefficient (Wildman–Crippen LogP) is 1.60. The Morgan fingerprint density at radius 3 is 2.54 bits per heavy atom. The summed E-state index contributed by atoms with van der Waals surface area (Å²) in [7, 11) is 0. The van der Waals surface area contributed by atoms with Gasteiger partial charge in [0.25, 0.3) is 0 Å². The number of hydrogen-bond donors (Lipinski definition) is 1. The molecular weight excluding hydrogens is 160 g/mol. The molecule has 0 aromatic carbocycles. The number of nitrogens with zero attached hydrogens (tertiary/aromatic N) is 1. The van der Waals surface area contributed by atoms with Crippen LogP contribution in [0.3, 0.4) is 0 Å². The van der Waals surface area contributed by atoms with Crippen molar-refractivity contribution in [2.75, 3.05) is 19.6 Å². The van der Waals surface area contributed by atoms with Gasteiger partial charge in [0, 0.05) is 18.6 Å². The molecule has 0 aliphatic heterocycles. The second kappa shape index (κ2) is 3.58.